The average molecular weight is 541 g/mol. The zero-order chi connectivity index (χ0) is 27.9. The SMILES string of the molecule is C[C@H](CO)N1C[C@H](C)[C@H](CN(C)CC2CCCCC2)Oc2ccc(NC(=O)Nc3ccc(F)cc3)cc2C1=O. The summed E-state index contributed by atoms with van der Waals surface area (Å²) in [6.07, 6.45) is 6.33. The predicted molar refractivity (Wildman–Crippen MR) is 151 cm³/mol. The van der Waals surface area contributed by atoms with Crippen LogP contribution in [0.25, 0.3) is 0 Å². The summed E-state index contributed by atoms with van der Waals surface area (Å²) in [4.78, 5) is 30.2. The summed E-state index contributed by atoms with van der Waals surface area (Å²) in [6, 6.07) is 9.59. The molecule has 1 heterocycles. The molecule has 39 heavy (non-hydrogen) atoms. The molecule has 0 saturated heterocycles. The quantitative estimate of drug-likeness (QED) is 0.428. The van der Waals surface area contributed by atoms with Gasteiger partial charge in [-0.15, -0.1) is 0 Å². The van der Waals surface area contributed by atoms with E-state index >= 15 is 0 Å². The molecule has 3 atom stereocenters. The van der Waals surface area contributed by atoms with Crippen LogP contribution >= 0.6 is 0 Å². The van der Waals surface area contributed by atoms with Gasteiger partial charge in [-0.3, -0.25) is 4.79 Å². The van der Waals surface area contributed by atoms with Gasteiger partial charge in [0.2, 0.25) is 0 Å². The fourth-order valence-electron chi connectivity index (χ4n) is 5.54. The highest BCUT2D eigenvalue weighted by atomic mass is 19.1. The minimum Gasteiger partial charge on any atom is -0.488 e. The van der Waals surface area contributed by atoms with E-state index in [1.807, 2.05) is 6.92 Å². The van der Waals surface area contributed by atoms with Crippen LogP contribution in [0.5, 0.6) is 5.75 Å². The van der Waals surface area contributed by atoms with Gasteiger partial charge in [0.15, 0.2) is 0 Å². The molecule has 4 rings (SSSR count). The number of aliphatic hydroxyl groups is 1. The third-order valence-corrected chi connectivity index (χ3v) is 7.81. The van der Waals surface area contributed by atoms with Gasteiger partial charge in [0.1, 0.15) is 17.7 Å². The van der Waals surface area contributed by atoms with Crippen molar-refractivity contribution in [1.82, 2.24) is 9.80 Å². The van der Waals surface area contributed by atoms with Gasteiger partial charge in [-0.2, -0.15) is 0 Å². The lowest BCUT2D eigenvalue weighted by atomic mass is 9.89. The highest BCUT2D eigenvalue weighted by Gasteiger charge is 2.34. The molecule has 1 saturated carbocycles. The van der Waals surface area contributed by atoms with E-state index in [4.69, 9.17) is 4.74 Å². The Bertz CT molecular complexity index is 1120. The summed E-state index contributed by atoms with van der Waals surface area (Å²) in [6.45, 7) is 5.97. The lowest BCUT2D eigenvalue weighted by Gasteiger charge is -2.38. The second-order valence-electron chi connectivity index (χ2n) is 11.1. The second kappa shape index (κ2) is 13.3. The Balaban J connectivity index is 1.53. The standard InChI is InChI=1S/C30H41FN4O4/c1-20-16-35(21(2)19-36)29(37)26-15-25(33-30(38)32-24-11-9-23(31)10-12-24)13-14-27(26)39-28(20)18-34(3)17-22-7-5-4-6-8-22/h9-15,20-22,28,36H,4-8,16-19H2,1-3H3,(H2,32,33,38)/t20-,21+,28-/m0/s1. The van der Waals surface area contributed by atoms with Gasteiger partial charge in [-0.1, -0.05) is 26.2 Å². The Hall–Kier alpha value is -3.17. The molecule has 3 amide bonds. The van der Waals surface area contributed by atoms with Gasteiger partial charge in [-0.25, -0.2) is 9.18 Å². The molecular weight excluding hydrogens is 499 g/mol. The predicted octanol–water partition coefficient (Wildman–Crippen LogP) is 5.20. The van der Waals surface area contributed by atoms with Crippen molar-refractivity contribution in [2.24, 2.45) is 11.8 Å². The fraction of sp³-hybridized carbons (Fsp3) is 0.533. The number of aliphatic hydroxyl groups excluding tert-OH is 1. The van der Waals surface area contributed by atoms with Crippen LogP contribution in [-0.4, -0.2) is 72.3 Å². The Morgan fingerprint density at radius 2 is 1.77 bits per heavy atom. The molecule has 2 aromatic carbocycles. The van der Waals surface area contributed by atoms with Crippen molar-refractivity contribution in [1.29, 1.82) is 0 Å². The summed E-state index contributed by atoms with van der Waals surface area (Å²) in [5, 5.41) is 15.3. The van der Waals surface area contributed by atoms with Crippen LogP contribution in [0.3, 0.4) is 0 Å². The minimum atomic E-state index is -0.516. The van der Waals surface area contributed by atoms with Gasteiger partial charge in [0, 0.05) is 36.9 Å². The molecule has 9 heteroatoms. The van der Waals surface area contributed by atoms with Crippen LogP contribution in [0.2, 0.25) is 0 Å². The van der Waals surface area contributed by atoms with Crippen LogP contribution < -0.4 is 15.4 Å². The molecular formula is C30H41FN4O4. The summed E-state index contributed by atoms with van der Waals surface area (Å²) < 4.78 is 19.7. The van der Waals surface area contributed by atoms with Crippen molar-refractivity contribution in [2.45, 2.75) is 58.1 Å². The Morgan fingerprint density at radius 3 is 2.46 bits per heavy atom. The first-order valence-electron chi connectivity index (χ1n) is 14.0. The van der Waals surface area contributed by atoms with Crippen LogP contribution in [0.4, 0.5) is 20.6 Å². The largest absolute Gasteiger partial charge is 0.488 e. The van der Waals surface area contributed by atoms with Crippen molar-refractivity contribution in [3.05, 3.63) is 53.8 Å². The number of hydrogen-bond donors (Lipinski definition) is 3. The number of halogens is 1. The summed E-state index contributed by atoms with van der Waals surface area (Å²) in [7, 11) is 2.14. The number of nitrogens with zero attached hydrogens (tertiary/aromatic N) is 2. The zero-order valence-electron chi connectivity index (χ0n) is 23.2. The van der Waals surface area contributed by atoms with E-state index in [9.17, 15) is 19.1 Å². The molecule has 0 unspecified atom stereocenters. The average Bonchev–Trinajstić information content (AvgIpc) is 2.92. The monoisotopic (exact) mass is 540 g/mol. The molecule has 8 nitrogen and oxygen atoms in total. The maximum atomic E-state index is 13.6. The third kappa shape index (κ3) is 7.70. The molecule has 3 N–H and O–H groups in total. The second-order valence-corrected chi connectivity index (χ2v) is 11.1. The van der Waals surface area contributed by atoms with Crippen molar-refractivity contribution in [3.8, 4) is 5.75 Å². The number of carbonyl (C=O) groups is 2. The number of rotatable bonds is 8. The Kier molecular flexibility index (Phi) is 9.80. The zero-order valence-corrected chi connectivity index (χ0v) is 23.2. The summed E-state index contributed by atoms with van der Waals surface area (Å²) in [5.74, 6) is 0.569. The first kappa shape index (κ1) is 28.8. The minimum absolute atomic E-state index is 0.0456. The number of hydrogen-bond acceptors (Lipinski definition) is 5. The van der Waals surface area contributed by atoms with Gasteiger partial charge < -0.3 is 30.3 Å². The van der Waals surface area contributed by atoms with Crippen LogP contribution in [-0.2, 0) is 0 Å². The van der Waals surface area contributed by atoms with E-state index in [1.54, 1.807) is 23.1 Å². The first-order chi connectivity index (χ1) is 18.7. The number of amides is 3. The van der Waals surface area contributed by atoms with E-state index < -0.39 is 11.8 Å². The number of benzene rings is 2. The molecule has 1 aliphatic carbocycles. The maximum Gasteiger partial charge on any atom is 0.323 e. The maximum absolute atomic E-state index is 13.6. The van der Waals surface area contributed by atoms with Gasteiger partial charge >= 0.3 is 6.03 Å². The van der Waals surface area contributed by atoms with Crippen molar-refractivity contribution >= 4 is 23.3 Å². The molecule has 212 valence electrons. The number of fused-ring (bicyclic) bond motifs is 1. The van der Waals surface area contributed by atoms with E-state index in [2.05, 4.69) is 29.5 Å². The highest BCUT2D eigenvalue weighted by Crippen LogP contribution is 2.31. The van der Waals surface area contributed by atoms with Crippen LogP contribution in [0.15, 0.2) is 42.5 Å². The normalized spacial score (nSPS) is 21.0. The number of carbonyl (C=O) groups excluding carboxylic acids is 2. The number of likely N-dealkylation sites (N-methyl/N-ethyl adjacent to an activating group) is 1. The lowest BCUT2D eigenvalue weighted by Crippen LogP contribution is -2.50. The lowest BCUT2D eigenvalue weighted by molar-refractivity contribution is 0.0330. The van der Waals surface area contributed by atoms with Crippen LogP contribution in [0.1, 0.15) is 56.3 Å². The van der Waals surface area contributed by atoms with E-state index in [0.717, 1.165) is 13.1 Å². The van der Waals surface area contributed by atoms with Gasteiger partial charge in [0.05, 0.1) is 18.2 Å². The molecule has 2 aliphatic rings. The number of anilines is 2. The highest BCUT2D eigenvalue weighted by molar-refractivity contribution is 6.02. The Morgan fingerprint density at radius 1 is 1.10 bits per heavy atom. The van der Waals surface area contributed by atoms with E-state index in [1.165, 1.54) is 56.4 Å². The summed E-state index contributed by atoms with van der Waals surface area (Å²) in [5.41, 5.74) is 1.19. The topological polar surface area (TPSA) is 94.1 Å². The van der Waals surface area contributed by atoms with Crippen molar-refractivity contribution < 1.29 is 23.8 Å². The molecule has 1 aliphatic heterocycles. The van der Waals surface area contributed by atoms with E-state index in [-0.39, 0.29) is 30.6 Å². The van der Waals surface area contributed by atoms with Gasteiger partial charge in [0.25, 0.3) is 5.91 Å². The van der Waals surface area contributed by atoms with Crippen molar-refractivity contribution in [2.75, 3.05) is 43.9 Å². The molecule has 0 bridgehead atoms. The first-order valence-corrected chi connectivity index (χ1v) is 14.0. The molecule has 2 aromatic rings. The summed E-state index contributed by atoms with van der Waals surface area (Å²) >= 11 is 0. The molecule has 0 radical (unpaired) electrons. The van der Waals surface area contributed by atoms with E-state index in [0.29, 0.717) is 35.2 Å². The fourth-order valence-corrected chi connectivity index (χ4v) is 5.54. The number of nitrogens with one attached hydrogen (secondary N) is 2. The number of ether oxygens (including phenoxy) is 1. The van der Waals surface area contributed by atoms with Crippen LogP contribution in [0, 0.1) is 17.7 Å². The molecule has 1 fully saturated rings. The molecule has 0 spiro atoms. The Labute approximate surface area is 230 Å². The smallest absolute Gasteiger partial charge is 0.323 e. The van der Waals surface area contributed by atoms with Gasteiger partial charge in [-0.05, 0) is 75.2 Å². The number of urea groups is 1. The van der Waals surface area contributed by atoms with Crippen molar-refractivity contribution in [3.63, 3.8) is 0 Å². The molecule has 0 aromatic heterocycles. The third-order valence-electron chi connectivity index (χ3n) is 7.81.